The van der Waals surface area contributed by atoms with Crippen molar-refractivity contribution in [3.63, 3.8) is 0 Å². The molecule has 122 valence electrons. The lowest BCUT2D eigenvalue weighted by molar-refractivity contribution is 0.102. The van der Waals surface area contributed by atoms with Gasteiger partial charge in [0.2, 0.25) is 0 Å². The number of carbonyl (C=O) groups excluding carboxylic acids is 1. The Morgan fingerprint density at radius 3 is 2.71 bits per heavy atom. The topological polar surface area (TPSA) is 55.1 Å². The van der Waals surface area contributed by atoms with Gasteiger partial charge >= 0.3 is 0 Å². The number of rotatable bonds is 3. The van der Waals surface area contributed by atoms with E-state index in [4.69, 9.17) is 4.52 Å². The van der Waals surface area contributed by atoms with Crippen LogP contribution in [0.5, 0.6) is 0 Å². The van der Waals surface area contributed by atoms with Crippen molar-refractivity contribution in [1.29, 1.82) is 0 Å². The third-order valence-corrected chi connectivity index (χ3v) is 4.12. The minimum Gasteiger partial charge on any atom is -0.360 e. The molecule has 4 nitrogen and oxygen atoms in total. The summed E-state index contributed by atoms with van der Waals surface area (Å²) in [5, 5.41) is 6.80. The average Bonchev–Trinajstić information content (AvgIpc) is 2.92. The Morgan fingerprint density at radius 1 is 1.21 bits per heavy atom. The summed E-state index contributed by atoms with van der Waals surface area (Å²) in [6.07, 6.45) is 0. The fraction of sp³-hybridized carbons (Fsp3) is 0.111. The van der Waals surface area contributed by atoms with E-state index in [0.717, 1.165) is 10.0 Å². The highest BCUT2D eigenvalue weighted by Crippen LogP contribution is 2.28. The van der Waals surface area contributed by atoms with E-state index in [-0.39, 0.29) is 11.7 Å². The number of carbonyl (C=O) groups is 1. The molecule has 6 heteroatoms. The van der Waals surface area contributed by atoms with Gasteiger partial charge in [0.15, 0.2) is 0 Å². The summed E-state index contributed by atoms with van der Waals surface area (Å²) in [4.78, 5) is 12.7. The molecule has 0 saturated carbocycles. The monoisotopic (exact) mass is 388 g/mol. The number of amides is 1. The number of hydrogen-bond donors (Lipinski definition) is 1. The molecule has 1 amide bonds. The lowest BCUT2D eigenvalue weighted by atomic mass is 10.1. The van der Waals surface area contributed by atoms with Gasteiger partial charge in [0, 0.05) is 15.7 Å². The van der Waals surface area contributed by atoms with Crippen molar-refractivity contribution in [2.75, 3.05) is 5.32 Å². The van der Waals surface area contributed by atoms with E-state index in [1.807, 2.05) is 24.3 Å². The molecular weight excluding hydrogens is 375 g/mol. The first-order valence-corrected chi connectivity index (χ1v) is 8.04. The number of nitrogens with zero attached hydrogens (tertiary/aromatic N) is 1. The fourth-order valence-electron chi connectivity index (χ4n) is 2.42. The van der Waals surface area contributed by atoms with Gasteiger partial charge in [0.25, 0.3) is 5.91 Å². The Hall–Kier alpha value is -2.47. The fourth-order valence-corrected chi connectivity index (χ4v) is 2.82. The zero-order chi connectivity index (χ0) is 17.3. The van der Waals surface area contributed by atoms with Crippen molar-refractivity contribution < 1.29 is 13.7 Å². The normalized spacial score (nSPS) is 10.7. The molecule has 0 radical (unpaired) electrons. The molecule has 3 aromatic rings. The van der Waals surface area contributed by atoms with Crippen LogP contribution in [-0.4, -0.2) is 11.1 Å². The van der Waals surface area contributed by atoms with Crippen molar-refractivity contribution in [2.45, 2.75) is 13.8 Å². The van der Waals surface area contributed by atoms with Crippen molar-refractivity contribution in [2.24, 2.45) is 0 Å². The van der Waals surface area contributed by atoms with Crippen LogP contribution in [0.15, 0.2) is 51.5 Å². The van der Waals surface area contributed by atoms with Crippen molar-refractivity contribution >= 4 is 27.5 Å². The summed E-state index contributed by atoms with van der Waals surface area (Å²) in [5.41, 5.74) is 2.77. The molecule has 0 saturated heterocycles. The van der Waals surface area contributed by atoms with Crippen LogP contribution in [0.25, 0.3) is 11.3 Å². The zero-order valence-electron chi connectivity index (χ0n) is 13.1. The maximum absolute atomic E-state index is 13.2. The van der Waals surface area contributed by atoms with E-state index in [0.29, 0.717) is 28.3 Å². The molecule has 0 aliphatic rings. The highest BCUT2D eigenvalue weighted by atomic mass is 79.9. The Kier molecular flexibility index (Phi) is 4.49. The van der Waals surface area contributed by atoms with Gasteiger partial charge in [0.1, 0.15) is 22.8 Å². The number of nitrogens with one attached hydrogen (secondary N) is 1. The molecule has 24 heavy (non-hydrogen) atoms. The Morgan fingerprint density at radius 2 is 2.00 bits per heavy atom. The second kappa shape index (κ2) is 6.57. The van der Waals surface area contributed by atoms with E-state index in [1.54, 1.807) is 13.8 Å². The Balaban J connectivity index is 1.97. The van der Waals surface area contributed by atoms with Crippen LogP contribution in [0.3, 0.4) is 0 Å². The SMILES string of the molecule is Cc1cc(F)ccc1NC(=O)c1c(-c2cccc(Br)c2)noc1C. The van der Waals surface area contributed by atoms with Crippen LogP contribution in [0.2, 0.25) is 0 Å². The van der Waals surface area contributed by atoms with E-state index in [1.165, 1.54) is 18.2 Å². The highest BCUT2D eigenvalue weighted by Gasteiger charge is 2.22. The first kappa shape index (κ1) is 16.4. The molecule has 0 spiro atoms. The molecule has 0 fully saturated rings. The maximum Gasteiger partial charge on any atom is 0.261 e. The van der Waals surface area contributed by atoms with Crippen LogP contribution < -0.4 is 5.32 Å². The molecule has 1 N–H and O–H groups in total. The van der Waals surface area contributed by atoms with Gasteiger partial charge in [-0.25, -0.2) is 4.39 Å². The molecule has 3 rings (SSSR count). The number of aromatic nitrogens is 1. The number of aryl methyl sites for hydroxylation is 2. The Labute approximate surface area is 146 Å². The smallest absolute Gasteiger partial charge is 0.261 e. The Bertz CT molecular complexity index is 921. The van der Waals surface area contributed by atoms with Crippen LogP contribution in [-0.2, 0) is 0 Å². The van der Waals surface area contributed by atoms with Gasteiger partial charge in [-0.05, 0) is 49.7 Å². The molecule has 2 aromatic carbocycles. The molecule has 0 bridgehead atoms. The number of halogens is 2. The van der Waals surface area contributed by atoms with Gasteiger partial charge < -0.3 is 9.84 Å². The van der Waals surface area contributed by atoms with E-state index < -0.39 is 0 Å². The number of anilines is 1. The quantitative estimate of drug-likeness (QED) is 0.677. The van der Waals surface area contributed by atoms with Crippen LogP contribution >= 0.6 is 15.9 Å². The molecule has 1 heterocycles. The summed E-state index contributed by atoms with van der Waals surface area (Å²) < 4.78 is 19.3. The van der Waals surface area contributed by atoms with Gasteiger partial charge in [-0.2, -0.15) is 0 Å². The summed E-state index contributed by atoms with van der Waals surface area (Å²) in [6, 6.07) is 11.7. The number of benzene rings is 2. The third kappa shape index (κ3) is 3.23. The average molecular weight is 389 g/mol. The number of hydrogen-bond acceptors (Lipinski definition) is 3. The first-order valence-electron chi connectivity index (χ1n) is 7.25. The minimum absolute atomic E-state index is 0.346. The van der Waals surface area contributed by atoms with Crippen LogP contribution in [0.1, 0.15) is 21.7 Å². The largest absolute Gasteiger partial charge is 0.360 e. The lowest BCUT2D eigenvalue weighted by Crippen LogP contribution is -2.14. The standard InChI is InChI=1S/C18H14BrFN2O2/c1-10-8-14(20)6-7-15(10)21-18(23)16-11(2)24-22-17(16)12-4-3-5-13(19)9-12/h3-9H,1-2H3,(H,21,23). The van der Waals surface area contributed by atoms with Gasteiger partial charge in [-0.3, -0.25) is 4.79 Å². The molecule has 0 aliphatic heterocycles. The summed E-state index contributed by atoms with van der Waals surface area (Å²) in [7, 11) is 0. The second-order valence-corrected chi connectivity index (χ2v) is 6.30. The molecule has 1 aromatic heterocycles. The zero-order valence-corrected chi connectivity index (χ0v) is 14.6. The predicted octanol–water partition coefficient (Wildman–Crippen LogP) is 5.11. The second-order valence-electron chi connectivity index (χ2n) is 5.39. The molecule has 0 atom stereocenters. The van der Waals surface area contributed by atoms with Gasteiger partial charge in [-0.1, -0.05) is 33.2 Å². The predicted molar refractivity (Wildman–Crippen MR) is 93.5 cm³/mol. The van der Waals surface area contributed by atoms with E-state index >= 15 is 0 Å². The lowest BCUT2D eigenvalue weighted by Gasteiger charge is -2.09. The molecule has 0 unspecified atom stereocenters. The van der Waals surface area contributed by atoms with E-state index in [9.17, 15) is 9.18 Å². The van der Waals surface area contributed by atoms with Crippen molar-refractivity contribution in [1.82, 2.24) is 5.16 Å². The van der Waals surface area contributed by atoms with Crippen molar-refractivity contribution in [3.05, 3.63) is 69.6 Å². The molecular formula is C18H14BrFN2O2. The van der Waals surface area contributed by atoms with Crippen LogP contribution in [0, 0.1) is 19.7 Å². The molecule has 0 aliphatic carbocycles. The van der Waals surface area contributed by atoms with Crippen molar-refractivity contribution in [3.8, 4) is 11.3 Å². The highest BCUT2D eigenvalue weighted by molar-refractivity contribution is 9.10. The van der Waals surface area contributed by atoms with Crippen LogP contribution in [0.4, 0.5) is 10.1 Å². The summed E-state index contributed by atoms with van der Waals surface area (Å²) in [6.45, 7) is 3.41. The minimum atomic E-state index is -0.349. The summed E-state index contributed by atoms with van der Waals surface area (Å²) >= 11 is 3.40. The first-order chi connectivity index (χ1) is 11.5. The summed E-state index contributed by atoms with van der Waals surface area (Å²) in [5.74, 6) is -0.276. The third-order valence-electron chi connectivity index (χ3n) is 3.62. The maximum atomic E-state index is 13.2. The van der Waals surface area contributed by atoms with E-state index in [2.05, 4.69) is 26.4 Å². The van der Waals surface area contributed by atoms with Gasteiger partial charge in [-0.15, -0.1) is 0 Å². The van der Waals surface area contributed by atoms with Gasteiger partial charge in [0.05, 0.1) is 0 Å².